The molecule has 0 saturated heterocycles. The lowest BCUT2D eigenvalue weighted by Crippen LogP contribution is -2.25. The predicted molar refractivity (Wildman–Crippen MR) is 217 cm³/mol. The summed E-state index contributed by atoms with van der Waals surface area (Å²) in [7, 11) is 0. The number of hydrogen-bond acceptors (Lipinski definition) is 1. The average Bonchev–Trinajstić information content (AvgIpc) is 3.87. The van der Waals surface area contributed by atoms with Crippen molar-refractivity contribution in [1.82, 2.24) is 0 Å². The van der Waals surface area contributed by atoms with Crippen LogP contribution in [0, 0.1) is 6.92 Å². The van der Waals surface area contributed by atoms with Crippen molar-refractivity contribution in [3.05, 3.63) is 203 Å². The zero-order chi connectivity index (χ0) is 33.7. The van der Waals surface area contributed by atoms with Crippen LogP contribution in [0.1, 0.15) is 27.8 Å². The van der Waals surface area contributed by atoms with E-state index in [9.17, 15) is 0 Å². The van der Waals surface area contributed by atoms with Gasteiger partial charge in [-0.3, -0.25) is 0 Å². The molecule has 1 unspecified atom stereocenters. The summed E-state index contributed by atoms with van der Waals surface area (Å²) in [6, 6.07) is 63.8. The Morgan fingerprint density at radius 3 is 1.51 bits per heavy atom. The predicted octanol–water partition coefficient (Wildman–Crippen LogP) is 13.7. The van der Waals surface area contributed by atoms with E-state index in [1.165, 1.54) is 104 Å². The van der Waals surface area contributed by atoms with Gasteiger partial charge in [-0.2, -0.15) is 0 Å². The molecule has 51 heavy (non-hydrogen) atoms. The van der Waals surface area contributed by atoms with Gasteiger partial charge in [-0.25, -0.2) is 0 Å². The van der Waals surface area contributed by atoms with Gasteiger partial charge in [0.05, 0.1) is 5.41 Å². The topological polar surface area (TPSA) is 0 Å². The molecule has 9 aromatic rings. The molecule has 0 fully saturated rings. The van der Waals surface area contributed by atoms with Gasteiger partial charge in [0.1, 0.15) is 0 Å². The van der Waals surface area contributed by atoms with E-state index in [-0.39, 0.29) is 5.41 Å². The summed E-state index contributed by atoms with van der Waals surface area (Å²) in [4.78, 5) is 1.40. The quantitative estimate of drug-likeness (QED) is 0.165. The maximum atomic E-state index is 2.40. The molecule has 1 spiro atoms. The highest BCUT2D eigenvalue weighted by Crippen LogP contribution is 2.65. The van der Waals surface area contributed by atoms with Gasteiger partial charge in [0, 0.05) is 4.88 Å². The van der Waals surface area contributed by atoms with Crippen LogP contribution in [0.25, 0.3) is 76.5 Å². The van der Waals surface area contributed by atoms with Gasteiger partial charge in [-0.05, 0) is 112 Å². The van der Waals surface area contributed by atoms with E-state index in [4.69, 9.17) is 0 Å². The van der Waals surface area contributed by atoms with Crippen molar-refractivity contribution in [1.29, 1.82) is 0 Å². The zero-order valence-corrected chi connectivity index (χ0v) is 29.0. The monoisotopic (exact) mass is 664 g/mol. The molecule has 2 aliphatic carbocycles. The van der Waals surface area contributed by atoms with E-state index in [0.29, 0.717) is 0 Å². The van der Waals surface area contributed by atoms with Gasteiger partial charge in [0.2, 0.25) is 0 Å². The highest BCUT2D eigenvalue weighted by Gasteiger charge is 2.52. The second-order valence-electron chi connectivity index (χ2n) is 14.0. The third-order valence-corrected chi connectivity index (χ3v) is 12.4. The van der Waals surface area contributed by atoms with E-state index in [2.05, 4.69) is 182 Å². The van der Waals surface area contributed by atoms with E-state index < -0.39 is 0 Å². The van der Waals surface area contributed by atoms with Crippen LogP contribution in [0.3, 0.4) is 0 Å². The average molecular weight is 665 g/mol. The van der Waals surface area contributed by atoms with Crippen molar-refractivity contribution >= 4 is 32.9 Å². The fraction of sp³-hybridized carbons (Fsp3) is 0.0400. The molecule has 0 bridgehead atoms. The Hall–Kier alpha value is -6.02. The zero-order valence-electron chi connectivity index (χ0n) is 28.2. The summed E-state index contributed by atoms with van der Waals surface area (Å²) in [5, 5.41) is 7.39. The van der Waals surface area contributed by atoms with Gasteiger partial charge in [0.15, 0.2) is 0 Å². The van der Waals surface area contributed by atoms with Crippen LogP contribution in [-0.2, 0) is 5.41 Å². The Labute approximate surface area is 301 Å². The second-order valence-corrected chi connectivity index (χ2v) is 14.9. The van der Waals surface area contributed by atoms with Gasteiger partial charge < -0.3 is 0 Å². The highest BCUT2D eigenvalue weighted by atomic mass is 32.1. The van der Waals surface area contributed by atoms with Crippen LogP contribution in [0.2, 0.25) is 0 Å². The van der Waals surface area contributed by atoms with Gasteiger partial charge in [-0.15, -0.1) is 11.3 Å². The van der Waals surface area contributed by atoms with Crippen molar-refractivity contribution in [3.63, 3.8) is 0 Å². The standard InChI is InChI=1S/C50H32S/c1-31-21-23-32(24-22-31)33-25-27-34(28-26-33)46-35-11-2-4-13-37(35)47(38-14-5-3-12-36(38)46)41-17-10-20-44-48(41)39-15-6-8-18-42(39)50(44)43-19-9-7-16-40(43)49-45(50)29-30-51-49/h2-30H,1H3. The number of aryl methyl sites for hydroxylation is 1. The van der Waals surface area contributed by atoms with E-state index in [1.807, 2.05) is 11.3 Å². The normalized spacial score (nSPS) is 15.2. The summed E-state index contributed by atoms with van der Waals surface area (Å²) in [6.07, 6.45) is 0. The Morgan fingerprint density at radius 2 is 0.843 bits per heavy atom. The first-order chi connectivity index (χ1) is 25.2. The van der Waals surface area contributed by atoms with Gasteiger partial charge in [0.25, 0.3) is 0 Å². The number of hydrogen-bond donors (Lipinski definition) is 0. The molecule has 0 saturated carbocycles. The summed E-state index contributed by atoms with van der Waals surface area (Å²) >= 11 is 1.87. The third kappa shape index (κ3) is 3.84. The molecular formula is C50H32S. The van der Waals surface area contributed by atoms with Crippen LogP contribution in [0.5, 0.6) is 0 Å². The molecule has 1 heterocycles. The Balaban J connectivity index is 1.20. The molecule has 238 valence electrons. The second kappa shape index (κ2) is 10.7. The third-order valence-electron chi connectivity index (χ3n) is 11.5. The Bertz CT molecular complexity index is 2790. The lowest BCUT2D eigenvalue weighted by atomic mass is 9.71. The van der Waals surface area contributed by atoms with Crippen LogP contribution in [-0.4, -0.2) is 0 Å². The highest BCUT2D eigenvalue weighted by molar-refractivity contribution is 7.14. The van der Waals surface area contributed by atoms with Gasteiger partial charge in [-0.1, -0.05) is 169 Å². The number of rotatable bonds is 3. The molecule has 1 atom stereocenters. The van der Waals surface area contributed by atoms with Crippen molar-refractivity contribution in [2.45, 2.75) is 12.3 Å². The van der Waals surface area contributed by atoms with E-state index >= 15 is 0 Å². The molecule has 0 aliphatic heterocycles. The van der Waals surface area contributed by atoms with Crippen molar-refractivity contribution in [2.75, 3.05) is 0 Å². The minimum absolute atomic E-state index is 0.335. The van der Waals surface area contributed by atoms with Crippen LogP contribution >= 0.6 is 11.3 Å². The van der Waals surface area contributed by atoms with Crippen molar-refractivity contribution < 1.29 is 0 Å². The molecule has 0 nitrogen and oxygen atoms in total. The number of thiophene rings is 1. The lowest BCUT2D eigenvalue weighted by Gasteiger charge is -2.30. The van der Waals surface area contributed by atoms with Crippen molar-refractivity contribution in [3.8, 4) is 54.9 Å². The van der Waals surface area contributed by atoms with Gasteiger partial charge >= 0.3 is 0 Å². The first-order valence-corrected chi connectivity index (χ1v) is 18.6. The lowest BCUT2D eigenvalue weighted by molar-refractivity contribution is 0.796. The fourth-order valence-corrected chi connectivity index (χ4v) is 10.4. The maximum absolute atomic E-state index is 2.40. The molecule has 0 radical (unpaired) electrons. The fourth-order valence-electron chi connectivity index (χ4n) is 9.39. The molecule has 2 aliphatic rings. The molecule has 0 N–H and O–H groups in total. The first-order valence-electron chi connectivity index (χ1n) is 17.8. The smallest absolute Gasteiger partial charge is 0.0734 e. The summed E-state index contributed by atoms with van der Waals surface area (Å²) in [6.45, 7) is 2.14. The van der Waals surface area contributed by atoms with E-state index in [1.54, 1.807) is 0 Å². The Morgan fingerprint density at radius 1 is 0.353 bits per heavy atom. The largest absolute Gasteiger partial charge is 0.143 e. The minimum Gasteiger partial charge on any atom is -0.143 e. The molecule has 1 heteroatoms. The van der Waals surface area contributed by atoms with Crippen molar-refractivity contribution in [2.24, 2.45) is 0 Å². The van der Waals surface area contributed by atoms with E-state index in [0.717, 1.165) is 0 Å². The molecule has 1 aromatic heterocycles. The summed E-state index contributed by atoms with van der Waals surface area (Å²) in [5.74, 6) is 0. The maximum Gasteiger partial charge on any atom is 0.0734 e. The molecule has 8 aromatic carbocycles. The summed E-state index contributed by atoms with van der Waals surface area (Å²) < 4.78 is 0. The molecular weight excluding hydrogens is 633 g/mol. The van der Waals surface area contributed by atoms with Crippen LogP contribution in [0.15, 0.2) is 175 Å². The number of fused-ring (bicyclic) bond motifs is 12. The minimum atomic E-state index is -0.335. The number of benzene rings is 8. The molecule has 0 amide bonds. The SMILES string of the molecule is Cc1ccc(-c2ccc(-c3c4ccccc4c(-c4cccc5c4-c4ccccc4C54c5ccccc5-c5sccc54)c4ccccc34)cc2)cc1. The Kier molecular flexibility index (Phi) is 6.06. The van der Waals surface area contributed by atoms with Crippen LogP contribution < -0.4 is 0 Å². The molecule has 11 rings (SSSR count). The van der Waals surface area contributed by atoms with Crippen LogP contribution in [0.4, 0.5) is 0 Å². The first kappa shape index (κ1) is 28.8. The summed E-state index contributed by atoms with van der Waals surface area (Å²) in [5.41, 5.74) is 18.2.